The van der Waals surface area contributed by atoms with Gasteiger partial charge in [0.25, 0.3) is 0 Å². The van der Waals surface area contributed by atoms with E-state index in [2.05, 4.69) is 22.6 Å². The quantitative estimate of drug-likeness (QED) is 0.541. The van der Waals surface area contributed by atoms with Crippen LogP contribution in [0.4, 0.5) is 0 Å². The number of aliphatic hydroxyl groups excluding tert-OH is 1. The predicted molar refractivity (Wildman–Crippen MR) is 112 cm³/mol. The van der Waals surface area contributed by atoms with Crippen LogP contribution < -0.4 is 0 Å². The number of halogens is 2. The van der Waals surface area contributed by atoms with E-state index in [1.165, 1.54) is 0 Å². The van der Waals surface area contributed by atoms with Crippen molar-refractivity contribution >= 4 is 45.0 Å². The lowest BCUT2D eigenvalue weighted by Gasteiger charge is -2.23. The normalized spacial score (nSPS) is 12.8. The summed E-state index contributed by atoms with van der Waals surface area (Å²) >= 11 is 12.4. The molecule has 0 saturated heterocycles. The van der Waals surface area contributed by atoms with Gasteiger partial charge >= 0.3 is 0 Å². The minimum Gasteiger partial charge on any atom is -0.390 e. The molecule has 0 aliphatic heterocycles. The number of nitrogens with zero attached hydrogens (tertiary/aromatic N) is 2. The van der Waals surface area contributed by atoms with Gasteiger partial charge in [0.1, 0.15) is 0 Å². The van der Waals surface area contributed by atoms with Crippen LogP contribution in [0.15, 0.2) is 61.7 Å². The summed E-state index contributed by atoms with van der Waals surface area (Å²) in [5.74, 6) is 0. The number of hydrogen-bond acceptors (Lipinski definition) is 2. The molecular weight excluding hydrogens is 367 g/mol. The SMILES string of the molecule is C=CCN(CC=C)C[C@@H](O)Cn1c2ccc(Cl)cc2c2cc(Cl)ccc21. The largest absolute Gasteiger partial charge is 0.390 e. The fourth-order valence-corrected chi connectivity index (χ4v) is 3.74. The fraction of sp³-hybridized carbons (Fsp3) is 0.238. The van der Waals surface area contributed by atoms with Crippen molar-refractivity contribution in [2.24, 2.45) is 0 Å². The summed E-state index contributed by atoms with van der Waals surface area (Å²) in [6.45, 7) is 9.99. The van der Waals surface area contributed by atoms with E-state index >= 15 is 0 Å². The maximum atomic E-state index is 10.7. The molecule has 0 radical (unpaired) electrons. The molecule has 1 N–H and O–H groups in total. The van der Waals surface area contributed by atoms with Crippen molar-refractivity contribution in [1.29, 1.82) is 0 Å². The molecular formula is C21H22Cl2N2O. The highest BCUT2D eigenvalue weighted by atomic mass is 35.5. The van der Waals surface area contributed by atoms with Crippen molar-refractivity contribution in [3.8, 4) is 0 Å². The number of benzene rings is 2. The van der Waals surface area contributed by atoms with Gasteiger partial charge in [0.2, 0.25) is 0 Å². The number of fused-ring (bicyclic) bond motifs is 3. The Labute approximate surface area is 163 Å². The van der Waals surface area contributed by atoms with Crippen LogP contribution in [-0.2, 0) is 6.54 Å². The van der Waals surface area contributed by atoms with Gasteiger partial charge in [0.05, 0.1) is 12.6 Å². The molecule has 3 aromatic rings. The summed E-state index contributed by atoms with van der Waals surface area (Å²) in [4.78, 5) is 2.10. The van der Waals surface area contributed by atoms with Crippen molar-refractivity contribution in [3.63, 3.8) is 0 Å². The third kappa shape index (κ3) is 3.97. The van der Waals surface area contributed by atoms with Crippen LogP contribution in [0.25, 0.3) is 21.8 Å². The Morgan fingerprint density at radius 1 is 0.962 bits per heavy atom. The Morgan fingerprint density at radius 2 is 1.46 bits per heavy atom. The van der Waals surface area contributed by atoms with Crippen LogP contribution >= 0.6 is 23.2 Å². The highest BCUT2D eigenvalue weighted by Crippen LogP contribution is 2.33. The third-order valence-electron chi connectivity index (χ3n) is 4.43. The Hall–Kier alpha value is -1.78. The molecule has 2 aromatic carbocycles. The maximum absolute atomic E-state index is 10.7. The molecule has 0 aliphatic carbocycles. The Kier molecular flexibility index (Phi) is 6.05. The van der Waals surface area contributed by atoms with Crippen LogP contribution in [0.2, 0.25) is 10.0 Å². The van der Waals surface area contributed by atoms with Crippen LogP contribution in [-0.4, -0.2) is 40.3 Å². The zero-order valence-electron chi connectivity index (χ0n) is 14.5. The molecule has 5 heteroatoms. The van der Waals surface area contributed by atoms with E-state index in [0.717, 1.165) is 21.8 Å². The molecule has 3 rings (SSSR count). The average molecular weight is 389 g/mol. The van der Waals surface area contributed by atoms with Gasteiger partial charge < -0.3 is 9.67 Å². The first-order valence-electron chi connectivity index (χ1n) is 8.52. The van der Waals surface area contributed by atoms with Gasteiger partial charge in [-0.2, -0.15) is 0 Å². The van der Waals surface area contributed by atoms with E-state index in [0.29, 0.717) is 36.2 Å². The summed E-state index contributed by atoms with van der Waals surface area (Å²) in [6, 6.07) is 11.6. The van der Waals surface area contributed by atoms with Gasteiger partial charge in [0, 0.05) is 51.5 Å². The lowest BCUT2D eigenvalue weighted by atomic mass is 10.1. The molecule has 1 heterocycles. The van der Waals surface area contributed by atoms with Crippen LogP contribution in [0.1, 0.15) is 0 Å². The van der Waals surface area contributed by atoms with Gasteiger partial charge in [-0.1, -0.05) is 35.4 Å². The average Bonchev–Trinajstić information content (AvgIpc) is 2.88. The van der Waals surface area contributed by atoms with E-state index in [9.17, 15) is 5.11 Å². The van der Waals surface area contributed by atoms with Gasteiger partial charge in [0.15, 0.2) is 0 Å². The molecule has 0 fully saturated rings. The predicted octanol–water partition coefficient (Wildman–Crippen LogP) is 5.14. The molecule has 1 atom stereocenters. The monoisotopic (exact) mass is 388 g/mol. The first-order chi connectivity index (χ1) is 12.5. The van der Waals surface area contributed by atoms with Gasteiger partial charge in [-0.25, -0.2) is 0 Å². The molecule has 0 unspecified atom stereocenters. The van der Waals surface area contributed by atoms with E-state index in [1.54, 1.807) is 0 Å². The minimum absolute atomic E-state index is 0.480. The number of hydrogen-bond donors (Lipinski definition) is 1. The van der Waals surface area contributed by atoms with Crippen molar-refractivity contribution < 1.29 is 5.11 Å². The molecule has 3 nitrogen and oxygen atoms in total. The first kappa shape index (κ1) is 19.0. The van der Waals surface area contributed by atoms with Crippen molar-refractivity contribution in [3.05, 3.63) is 71.8 Å². The summed E-state index contributed by atoms with van der Waals surface area (Å²) in [5.41, 5.74) is 2.06. The molecule has 0 aliphatic rings. The second kappa shape index (κ2) is 8.28. The second-order valence-corrected chi connectivity index (χ2v) is 7.26. The molecule has 26 heavy (non-hydrogen) atoms. The lowest BCUT2D eigenvalue weighted by Crippen LogP contribution is -2.35. The highest BCUT2D eigenvalue weighted by Gasteiger charge is 2.16. The van der Waals surface area contributed by atoms with E-state index in [1.807, 2.05) is 48.6 Å². The summed E-state index contributed by atoms with van der Waals surface area (Å²) in [6.07, 6.45) is 3.14. The molecule has 0 amide bonds. The van der Waals surface area contributed by atoms with Crippen molar-refractivity contribution in [2.75, 3.05) is 19.6 Å². The maximum Gasteiger partial charge on any atom is 0.0846 e. The Bertz CT molecular complexity index is 879. The molecule has 136 valence electrons. The van der Waals surface area contributed by atoms with Gasteiger partial charge in [-0.3, -0.25) is 4.90 Å². The fourth-order valence-electron chi connectivity index (χ4n) is 3.40. The molecule has 0 spiro atoms. The Balaban J connectivity index is 1.98. The number of aliphatic hydroxyl groups is 1. The van der Waals surface area contributed by atoms with Crippen LogP contribution in [0.3, 0.4) is 0 Å². The molecule has 0 saturated carbocycles. The van der Waals surface area contributed by atoms with Crippen LogP contribution in [0, 0.1) is 0 Å². The zero-order valence-corrected chi connectivity index (χ0v) is 16.0. The van der Waals surface area contributed by atoms with E-state index in [4.69, 9.17) is 23.2 Å². The topological polar surface area (TPSA) is 28.4 Å². The standard InChI is InChI=1S/C21H22Cl2N2O/c1-3-9-24(10-4-2)13-17(26)14-25-20-7-5-15(22)11-18(20)19-12-16(23)6-8-21(19)25/h3-8,11-12,17,26H,1-2,9-10,13-14H2/t17-/m1/s1. The number of aromatic nitrogens is 1. The minimum atomic E-state index is -0.528. The van der Waals surface area contributed by atoms with Crippen molar-refractivity contribution in [1.82, 2.24) is 9.47 Å². The van der Waals surface area contributed by atoms with Gasteiger partial charge in [-0.05, 0) is 36.4 Å². The first-order valence-corrected chi connectivity index (χ1v) is 9.28. The number of rotatable bonds is 8. The second-order valence-electron chi connectivity index (χ2n) is 6.38. The smallest absolute Gasteiger partial charge is 0.0846 e. The third-order valence-corrected chi connectivity index (χ3v) is 4.90. The Morgan fingerprint density at radius 3 is 1.92 bits per heavy atom. The summed E-state index contributed by atoms with van der Waals surface area (Å²) in [5, 5.41) is 14.1. The summed E-state index contributed by atoms with van der Waals surface area (Å²) in [7, 11) is 0. The van der Waals surface area contributed by atoms with Crippen molar-refractivity contribution in [2.45, 2.75) is 12.6 Å². The van der Waals surface area contributed by atoms with E-state index < -0.39 is 6.10 Å². The zero-order chi connectivity index (χ0) is 18.7. The lowest BCUT2D eigenvalue weighted by molar-refractivity contribution is 0.111. The summed E-state index contributed by atoms with van der Waals surface area (Å²) < 4.78 is 2.13. The van der Waals surface area contributed by atoms with Gasteiger partial charge in [-0.15, -0.1) is 13.2 Å². The van der Waals surface area contributed by atoms with Crippen LogP contribution in [0.5, 0.6) is 0 Å². The molecule has 1 aromatic heterocycles. The highest BCUT2D eigenvalue weighted by molar-refractivity contribution is 6.33. The molecule has 0 bridgehead atoms. The van der Waals surface area contributed by atoms with E-state index in [-0.39, 0.29) is 0 Å².